The minimum Gasteiger partial charge on any atom is -0.495 e. The summed E-state index contributed by atoms with van der Waals surface area (Å²) in [7, 11) is 1.49. The number of ether oxygens (including phenoxy) is 1. The molecule has 0 aromatic heterocycles. The third kappa shape index (κ3) is 4.04. The minimum absolute atomic E-state index is 0.0637. The molecule has 0 spiro atoms. The zero-order valence-corrected chi connectivity index (χ0v) is 15.0. The van der Waals surface area contributed by atoms with Crippen molar-refractivity contribution in [3.05, 3.63) is 77.9 Å². The zero-order valence-electron chi connectivity index (χ0n) is 15.0. The van der Waals surface area contributed by atoms with E-state index in [4.69, 9.17) is 4.74 Å². The molecule has 0 fully saturated rings. The Labute approximate surface area is 161 Å². The maximum atomic E-state index is 11.8. The molecule has 28 heavy (non-hydrogen) atoms. The summed E-state index contributed by atoms with van der Waals surface area (Å²) in [6.07, 6.45) is 0. The highest BCUT2D eigenvalue weighted by atomic mass is 16.5. The van der Waals surface area contributed by atoms with E-state index in [2.05, 4.69) is 10.6 Å². The molecule has 3 rings (SSSR count). The highest BCUT2D eigenvalue weighted by Gasteiger charge is 2.20. The molecular formula is C21H18N2O5. The van der Waals surface area contributed by atoms with Crippen molar-refractivity contribution in [1.29, 1.82) is 0 Å². The molecule has 0 aliphatic rings. The van der Waals surface area contributed by atoms with Crippen LogP contribution in [0.15, 0.2) is 66.7 Å². The maximum Gasteiger partial charge on any atom is 0.337 e. The van der Waals surface area contributed by atoms with Gasteiger partial charge in [-0.2, -0.15) is 0 Å². The molecule has 0 aliphatic carbocycles. The average molecular weight is 378 g/mol. The number of hydrogen-bond donors (Lipinski definition) is 4. The summed E-state index contributed by atoms with van der Waals surface area (Å²) < 4.78 is 5.26. The Morgan fingerprint density at radius 3 is 1.86 bits per heavy atom. The van der Waals surface area contributed by atoms with Crippen LogP contribution in [0.4, 0.5) is 22.7 Å². The van der Waals surface area contributed by atoms with Crippen LogP contribution in [0.5, 0.6) is 5.75 Å². The zero-order chi connectivity index (χ0) is 20.1. The largest absolute Gasteiger partial charge is 0.495 e. The Kier molecular flexibility index (Phi) is 5.45. The van der Waals surface area contributed by atoms with Crippen molar-refractivity contribution in [3.8, 4) is 5.75 Å². The summed E-state index contributed by atoms with van der Waals surface area (Å²) in [5.74, 6) is -1.87. The van der Waals surface area contributed by atoms with E-state index < -0.39 is 11.9 Å². The fraction of sp³-hybridized carbons (Fsp3) is 0.0476. The molecule has 0 saturated heterocycles. The van der Waals surface area contributed by atoms with Gasteiger partial charge in [0.25, 0.3) is 0 Å². The summed E-state index contributed by atoms with van der Waals surface area (Å²) in [5, 5.41) is 25.2. The van der Waals surface area contributed by atoms with E-state index in [1.54, 1.807) is 48.5 Å². The van der Waals surface area contributed by atoms with Crippen LogP contribution < -0.4 is 15.4 Å². The molecule has 7 nitrogen and oxygen atoms in total. The van der Waals surface area contributed by atoms with E-state index >= 15 is 0 Å². The molecule has 0 saturated carbocycles. The molecule has 0 atom stereocenters. The summed E-state index contributed by atoms with van der Waals surface area (Å²) in [6, 6.07) is 18.5. The Morgan fingerprint density at radius 1 is 0.750 bits per heavy atom. The third-order valence-electron chi connectivity index (χ3n) is 4.05. The van der Waals surface area contributed by atoms with Gasteiger partial charge in [-0.25, -0.2) is 9.59 Å². The number of aromatic carboxylic acids is 2. The van der Waals surface area contributed by atoms with Gasteiger partial charge >= 0.3 is 11.9 Å². The summed E-state index contributed by atoms with van der Waals surface area (Å²) in [5.41, 5.74) is 1.36. The van der Waals surface area contributed by atoms with E-state index in [1.165, 1.54) is 19.2 Å². The topological polar surface area (TPSA) is 108 Å². The predicted octanol–water partition coefficient (Wildman–Crippen LogP) is 4.58. The summed E-state index contributed by atoms with van der Waals surface area (Å²) in [4.78, 5) is 23.6. The fourth-order valence-corrected chi connectivity index (χ4v) is 2.73. The first-order chi connectivity index (χ1) is 13.5. The van der Waals surface area contributed by atoms with Gasteiger partial charge in [0.1, 0.15) is 5.75 Å². The lowest BCUT2D eigenvalue weighted by Crippen LogP contribution is -2.09. The second kappa shape index (κ2) is 8.13. The van der Waals surface area contributed by atoms with Crippen LogP contribution in [0.25, 0.3) is 0 Å². The van der Waals surface area contributed by atoms with Crippen LogP contribution in [0.2, 0.25) is 0 Å². The van der Waals surface area contributed by atoms with Crippen molar-refractivity contribution < 1.29 is 24.5 Å². The van der Waals surface area contributed by atoms with E-state index in [1.807, 2.05) is 6.07 Å². The van der Waals surface area contributed by atoms with Crippen LogP contribution in [-0.4, -0.2) is 29.3 Å². The molecule has 3 aromatic rings. The molecule has 0 unspecified atom stereocenters. The predicted molar refractivity (Wildman–Crippen MR) is 106 cm³/mol. The lowest BCUT2D eigenvalue weighted by molar-refractivity contribution is 0.0683. The van der Waals surface area contributed by atoms with Crippen LogP contribution in [0, 0.1) is 0 Å². The molecule has 0 heterocycles. The van der Waals surface area contributed by atoms with Crippen molar-refractivity contribution in [1.82, 2.24) is 0 Å². The van der Waals surface area contributed by atoms with Gasteiger partial charge < -0.3 is 25.6 Å². The number of methoxy groups -OCH3 is 1. The maximum absolute atomic E-state index is 11.8. The molecule has 142 valence electrons. The number of carbonyl (C=O) groups is 2. The van der Waals surface area contributed by atoms with Crippen LogP contribution in [0.1, 0.15) is 20.7 Å². The van der Waals surface area contributed by atoms with E-state index in [-0.39, 0.29) is 22.5 Å². The van der Waals surface area contributed by atoms with Crippen molar-refractivity contribution in [2.24, 2.45) is 0 Å². The summed E-state index contributed by atoms with van der Waals surface area (Å²) >= 11 is 0. The molecular weight excluding hydrogens is 360 g/mol. The number of rotatable bonds is 7. The van der Waals surface area contributed by atoms with Gasteiger partial charge in [0.15, 0.2) is 0 Å². The quantitative estimate of drug-likeness (QED) is 0.477. The normalized spacial score (nSPS) is 10.2. The molecule has 0 bridgehead atoms. The van der Waals surface area contributed by atoms with Crippen molar-refractivity contribution in [2.75, 3.05) is 17.7 Å². The standard InChI is InChI=1S/C21H18N2O5/c1-28-19-10-6-5-9-16(19)23-18-12-14(20(24)25)17(11-15(18)21(26)27)22-13-7-3-2-4-8-13/h2-12,22-23H,1H3,(H,24,25)(H,26,27). The number of hydrogen-bond acceptors (Lipinski definition) is 5. The van der Waals surface area contributed by atoms with Gasteiger partial charge in [-0.05, 0) is 36.4 Å². The number of para-hydroxylation sites is 3. The molecule has 7 heteroatoms. The minimum atomic E-state index is -1.19. The van der Waals surface area contributed by atoms with Gasteiger partial charge in [0.2, 0.25) is 0 Å². The third-order valence-corrected chi connectivity index (χ3v) is 4.05. The smallest absolute Gasteiger partial charge is 0.337 e. The number of benzene rings is 3. The molecule has 3 aromatic carbocycles. The molecule has 0 aliphatic heterocycles. The lowest BCUT2D eigenvalue weighted by atomic mass is 10.0. The number of carboxylic acids is 2. The number of nitrogens with one attached hydrogen (secondary N) is 2. The highest BCUT2D eigenvalue weighted by Crippen LogP contribution is 2.33. The average Bonchev–Trinajstić information content (AvgIpc) is 2.69. The Bertz CT molecular complexity index is 1020. The second-order valence-electron chi connectivity index (χ2n) is 5.87. The van der Waals surface area contributed by atoms with Gasteiger partial charge in [-0.3, -0.25) is 0 Å². The molecule has 0 radical (unpaired) electrons. The number of carboxylic acid groups (broad SMARTS) is 2. The van der Waals surface area contributed by atoms with Crippen LogP contribution in [-0.2, 0) is 0 Å². The first-order valence-corrected chi connectivity index (χ1v) is 8.36. The SMILES string of the molecule is COc1ccccc1Nc1cc(C(=O)O)c(Nc2ccccc2)cc1C(=O)O. The van der Waals surface area contributed by atoms with Gasteiger partial charge in [-0.15, -0.1) is 0 Å². The summed E-state index contributed by atoms with van der Waals surface area (Å²) in [6.45, 7) is 0. The van der Waals surface area contributed by atoms with E-state index in [0.717, 1.165) is 0 Å². The van der Waals surface area contributed by atoms with Gasteiger partial charge in [-0.1, -0.05) is 30.3 Å². The monoisotopic (exact) mass is 378 g/mol. The van der Waals surface area contributed by atoms with Gasteiger partial charge in [0.05, 0.1) is 35.3 Å². The van der Waals surface area contributed by atoms with E-state index in [0.29, 0.717) is 17.1 Å². The second-order valence-corrected chi connectivity index (χ2v) is 5.87. The van der Waals surface area contributed by atoms with Crippen molar-refractivity contribution >= 4 is 34.7 Å². The van der Waals surface area contributed by atoms with E-state index in [9.17, 15) is 19.8 Å². The number of anilines is 4. The molecule has 4 N–H and O–H groups in total. The van der Waals surface area contributed by atoms with Crippen LogP contribution in [0.3, 0.4) is 0 Å². The van der Waals surface area contributed by atoms with Crippen molar-refractivity contribution in [2.45, 2.75) is 0 Å². The first kappa shape index (κ1) is 18.8. The van der Waals surface area contributed by atoms with Gasteiger partial charge in [0, 0.05) is 5.69 Å². The molecule has 0 amide bonds. The fourth-order valence-electron chi connectivity index (χ4n) is 2.73. The van der Waals surface area contributed by atoms with Crippen LogP contribution >= 0.6 is 0 Å². The Morgan fingerprint density at radius 2 is 1.29 bits per heavy atom. The lowest BCUT2D eigenvalue weighted by Gasteiger charge is -2.17. The van der Waals surface area contributed by atoms with Crippen molar-refractivity contribution in [3.63, 3.8) is 0 Å². The Balaban J connectivity index is 2.08. The first-order valence-electron chi connectivity index (χ1n) is 8.36. The highest BCUT2D eigenvalue weighted by molar-refractivity contribution is 6.03. The Hall–Kier alpha value is -4.00.